The molecule has 1 rings (SSSR count). The molecule has 1 unspecified atom stereocenters. The van der Waals surface area contributed by atoms with E-state index < -0.39 is 15.9 Å². The number of halogens is 2. The lowest BCUT2D eigenvalue weighted by Crippen LogP contribution is -2.39. The summed E-state index contributed by atoms with van der Waals surface area (Å²) < 4.78 is 24.0. The van der Waals surface area contributed by atoms with Crippen LogP contribution in [-0.2, 0) is 9.84 Å². The van der Waals surface area contributed by atoms with Crippen LogP contribution in [0.5, 0.6) is 0 Å². The Bertz CT molecular complexity index is 604. The van der Waals surface area contributed by atoms with E-state index in [9.17, 15) is 13.2 Å². The number of hydrogen-bond acceptors (Lipinski definition) is 3. The second-order valence-corrected chi connectivity index (χ2v) is 8.31. The number of hydrogen-bond donors (Lipinski definition) is 0. The highest BCUT2D eigenvalue weighted by atomic mass is 79.9. The average Bonchev–Trinajstić information content (AvgIpc) is 2.39. The van der Waals surface area contributed by atoms with Crippen molar-refractivity contribution >= 4 is 43.3 Å². The fourth-order valence-electron chi connectivity index (χ4n) is 1.65. The largest absolute Gasteiger partial charge is 0.338 e. The van der Waals surface area contributed by atoms with E-state index in [1.165, 1.54) is 4.90 Å². The van der Waals surface area contributed by atoms with Crippen LogP contribution in [0.3, 0.4) is 0 Å². The third-order valence-corrected chi connectivity index (χ3v) is 5.77. The van der Waals surface area contributed by atoms with Gasteiger partial charge in [0.25, 0.3) is 5.91 Å². The average molecular weight is 383 g/mol. The molecule has 0 bridgehead atoms. The molecule has 0 heterocycles. The van der Waals surface area contributed by atoms with Gasteiger partial charge in [0.2, 0.25) is 0 Å². The molecule has 1 aromatic rings. The molecule has 0 spiro atoms. The van der Waals surface area contributed by atoms with Crippen molar-refractivity contribution in [3.8, 4) is 0 Å². The van der Waals surface area contributed by atoms with Gasteiger partial charge in [-0.15, -0.1) is 0 Å². The van der Waals surface area contributed by atoms with Crippen molar-refractivity contribution in [1.29, 1.82) is 0 Å². The van der Waals surface area contributed by atoms with Crippen molar-refractivity contribution in [1.82, 2.24) is 4.90 Å². The molecule has 0 aliphatic rings. The van der Waals surface area contributed by atoms with Crippen LogP contribution in [0, 0.1) is 0 Å². The molecule has 7 heteroatoms. The first kappa shape index (κ1) is 17.5. The maximum Gasteiger partial charge on any atom is 0.255 e. The molecular formula is C13H17BrClNO3S. The molecule has 112 valence electrons. The van der Waals surface area contributed by atoms with E-state index in [2.05, 4.69) is 15.9 Å². The van der Waals surface area contributed by atoms with E-state index >= 15 is 0 Å². The summed E-state index contributed by atoms with van der Waals surface area (Å²) in [6, 6.07) is 4.58. The van der Waals surface area contributed by atoms with Crippen LogP contribution in [0.2, 0.25) is 5.02 Å². The van der Waals surface area contributed by atoms with Crippen LogP contribution >= 0.6 is 27.5 Å². The monoisotopic (exact) mass is 381 g/mol. The molecule has 1 aromatic carbocycles. The zero-order valence-corrected chi connectivity index (χ0v) is 14.7. The lowest BCUT2D eigenvalue weighted by Gasteiger charge is -2.25. The number of sulfone groups is 1. The minimum Gasteiger partial charge on any atom is -0.338 e. The van der Waals surface area contributed by atoms with Gasteiger partial charge in [0.15, 0.2) is 9.84 Å². The minimum atomic E-state index is -3.13. The lowest BCUT2D eigenvalue weighted by molar-refractivity contribution is 0.0757. The van der Waals surface area contributed by atoms with Gasteiger partial charge in [-0.1, -0.05) is 34.5 Å². The Morgan fingerprint density at radius 1 is 1.45 bits per heavy atom. The molecule has 0 aliphatic carbocycles. The molecule has 0 saturated heterocycles. The second kappa shape index (κ2) is 6.91. The van der Waals surface area contributed by atoms with Crippen molar-refractivity contribution in [2.24, 2.45) is 0 Å². The van der Waals surface area contributed by atoms with Crippen molar-refractivity contribution in [3.05, 3.63) is 33.3 Å². The number of amides is 1. The van der Waals surface area contributed by atoms with E-state index in [-0.39, 0.29) is 17.4 Å². The molecule has 0 saturated carbocycles. The number of rotatable bonds is 5. The highest BCUT2D eigenvalue weighted by Crippen LogP contribution is 2.22. The fraction of sp³-hybridized carbons (Fsp3) is 0.462. The topological polar surface area (TPSA) is 54.5 Å². The molecule has 0 aliphatic heterocycles. The highest BCUT2D eigenvalue weighted by Gasteiger charge is 2.23. The summed E-state index contributed by atoms with van der Waals surface area (Å²) in [5.41, 5.74) is 0.351. The van der Waals surface area contributed by atoms with Crippen LogP contribution < -0.4 is 0 Å². The zero-order chi connectivity index (χ0) is 15.5. The summed E-state index contributed by atoms with van der Waals surface area (Å²) in [5.74, 6) is -0.288. The van der Waals surface area contributed by atoms with Crippen LogP contribution in [-0.4, -0.2) is 43.8 Å². The lowest BCUT2D eigenvalue weighted by atomic mass is 10.2. The van der Waals surface area contributed by atoms with Gasteiger partial charge >= 0.3 is 0 Å². The first-order chi connectivity index (χ1) is 9.18. The van der Waals surface area contributed by atoms with Gasteiger partial charge in [-0.2, -0.15) is 0 Å². The van der Waals surface area contributed by atoms with Gasteiger partial charge in [-0.3, -0.25) is 4.79 Å². The van der Waals surface area contributed by atoms with Gasteiger partial charge in [-0.25, -0.2) is 8.42 Å². The number of nitrogens with zero attached hydrogens (tertiary/aromatic N) is 1. The summed E-state index contributed by atoms with van der Waals surface area (Å²) >= 11 is 9.30. The van der Waals surface area contributed by atoms with Crippen LogP contribution in [0.15, 0.2) is 22.7 Å². The Balaban J connectivity index is 2.94. The predicted molar refractivity (Wildman–Crippen MR) is 85.0 cm³/mol. The first-order valence-corrected chi connectivity index (χ1v) is 9.09. The third kappa shape index (κ3) is 4.46. The van der Waals surface area contributed by atoms with Crippen molar-refractivity contribution in [2.45, 2.75) is 19.9 Å². The third-order valence-electron chi connectivity index (χ3n) is 3.08. The molecule has 0 fully saturated rings. The van der Waals surface area contributed by atoms with E-state index in [4.69, 9.17) is 11.6 Å². The molecular weight excluding hydrogens is 366 g/mol. The summed E-state index contributed by atoms with van der Waals surface area (Å²) in [5, 5.41) is 0.343. The minimum absolute atomic E-state index is 0.0582. The Morgan fingerprint density at radius 3 is 2.60 bits per heavy atom. The normalized spacial score (nSPS) is 13.1. The van der Waals surface area contributed by atoms with Gasteiger partial charge in [0, 0.05) is 23.3 Å². The van der Waals surface area contributed by atoms with E-state index in [1.54, 1.807) is 39.1 Å². The van der Waals surface area contributed by atoms with Gasteiger partial charge < -0.3 is 4.90 Å². The number of carbonyl (C=O) groups excluding carboxylic acids is 1. The number of benzene rings is 1. The standard InChI is InChI=1S/C13H17BrClNO3S/c1-4-20(18,19)8-9(2)16(3)13(17)11-7-10(14)5-6-12(11)15/h5-7,9H,4,8H2,1-3H3. The van der Waals surface area contributed by atoms with Crippen molar-refractivity contribution in [2.75, 3.05) is 18.6 Å². The molecule has 0 aromatic heterocycles. The maximum absolute atomic E-state index is 12.4. The van der Waals surface area contributed by atoms with E-state index in [1.807, 2.05) is 0 Å². The molecule has 0 N–H and O–H groups in total. The molecule has 20 heavy (non-hydrogen) atoms. The summed E-state index contributed by atoms with van der Waals surface area (Å²) in [6.45, 7) is 3.30. The number of carbonyl (C=O) groups is 1. The maximum atomic E-state index is 12.4. The van der Waals surface area contributed by atoms with Crippen LogP contribution in [0.1, 0.15) is 24.2 Å². The van der Waals surface area contributed by atoms with Crippen LogP contribution in [0.4, 0.5) is 0 Å². The predicted octanol–water partition coefficient (Wildman–Crippen LogP) is 3.00. The van der Waals surface area contributed by atoms with Gasteiger partial charge in [-0.05, 0) is 25.1 Å². The Hall–Kier alpha value is -0.590. The molecule has 1 atom stereocenters. The first-order valence-electron chi connectivity index (χ1n) is 6.10. The quantitative estimate of drug-likeness (QED) is 0.786. The van der Waals surface area contributed by atoms with Crippen molar-refractivity contribution < 1.29 is 13.2 Å². The van der Waals surface area contributed by atoms with Crippen molar-refractivity contribution in [3.63, 3.8) is 0 Å². The zero-order valence-electron chi connectivity index (χ0n) is 11.6. The van der Waals surface area contributed by atoms with Crippen LogP contribution in [0.25, 0.3) is 0 Å². The molecule has 4 nitrogen and oxygen atoms in total. The second-order valence-electron chi connectivity index (χ2n) is 4.59. The smallest absolute Gasteiger partial charge is 0.255 e. The Kier molecular flexibility index (Phi) is 6.04. The fourth-order valence-corrected chi connectivity index (χ4v) is 3.40. The summed E-state index contributed by atoms with van der Waals surface area (Å²) in [7, 11) is -1.56. The van der Waals surface area contributed by atoms with E-state index in [0.29, 0.717) is 10.6 Å². The summed E-state index contributed by atoms with van der Waals surface area (Å²) in [4.78, 5) is 13.8. The highest BCUT2D eigenvalue weighted by molar-refractivity contribution is 9.10. The molecule has 1 amide bonds. The summed E-state index contributed by atoms with van der Waals surface area (Å²) in [6.07, 6.45) is 0. The Morgan fingerprint density at radius 2 is 2.05 bits per heavy atom. The SMILES string of the molecule is CCS(=O)(=O)CC(C)N(C)C(=O)c1cc(Br)ccc1Cl. The van der Waals surface area contributed by atoms with Gasteiger partial charge in [0.05, 0.1) is 16.3 Å². The molecule has 0 radical (unpaired) electrons. The Labute approximate surface area is 133 Å². The van der Waals surface area contributed by atoms with Gasteiger partial charge in [0.1, 0.15) is 0 Å². The van der Waals surface area contributed by atoms with E-state index in [0.717, 1.165) is 4.47 Å².